The number of nitrogens with one attached hydrogen (secondary N) is 1. The van der Waals surface area contributed by atoms with Crippen LogP contribution in [-0.2, 0) is 11.2 Å². The van der Waals surface area contributed by atoms with Crippen molar-refractivity contribution in [2.75, 3.05) is 7.11 Å². The second-order valence-corrected chi connectivity index (χ2v) is 7.45. The van der Waals surface area contributed by atoms with Crippen molar-refractivity contribution < 1.29 is 14.3 Å². The van der Waals surface area contributed by atoms with Crippen molar-refractivity contribution in [3.8, 4) is 5.75 Å². The van der Waals surface area contributed by atoms with Gasteiger partial charge in [0, 0.05) is 17.2 Å². The summed E-state index contributed by atoms with van der Waals surface area (Å²) >= 11 is 0. The average molecular weight is 329 g/mol. The summed E-state index contributed by atoms with van der Waals surface area (Å²) in [6.45, 7) is 3.66. The first-order valence-corrected chi connectivity index (χ1v) is 8.95. The number of hydrogen-bond donors (Lipinski definition) is 1. The van der Waals surface area contributed by atoms with Gasteiger partial charge in [-0.3, -0.25) is 9.59 Å². The number of ketones is 1. The van der Waals surface area contributed by atoms with Gasteiger partial charge in [-0.05, 0) is 69.1 Å². The third-order valence-corrected chi connectivity index (χ3v) is 5.86. The van der Waals surface area contributed by atoms with Crippen molar-refractivity contribution in [3.05, 3.63) is 29.3 Å². The Morgan fingerprint density at radius 2 is 2.08 bits per heavy atom. The van der Waals surface area contributed by atoms with Crippen molar-refractivity contribution in [2.45, 2.75) is 52.0 Å². The highest BCUT2D eigenvalue weighted by atomic mass is 16.5. The van der Waals surface area contributed by atoms with E-state index in [1.807, 2.05) is 0 Å². The van der Waals surface area contributed by atoms with Crippen LogP contribution < -0.4 is 10.1 Å². The summed E-state index contributed by atoms with van der Waals surface area (Å²) in [5.41, 5.74) is 1.38. The minimum Gasteiger partial charge on any atom is -0.496 e. The van der Waals surface area contributed by atoms with Crippen LogP contribution in [0.2, 0.25) is 0 Å². The van der Waals surface area contributed by atoms with Crippen molar-refractivity contribution in [1.82, 2.24) is 5.32 Å². The molecule has 2 fully saturated rings. The number of ether oxygens (including phenoxy) is 1. The van der Waals surface area contributed by atoms with Gasteiger partial charge in [-0.2, -0.15) is 0 Å². The second kappa shape index (κ2) is 6.96. The summed E-state index contributed by atoms with van der Waals surface area (Å²) in [4.78, 5) is 24.1. The molecule has 1 aromatic carbocycles. The molecule has 0 radical (unpaired) electrons. The molecule has 0 aromatic heterocycles. The Hall–Kier alpha value is -1.84. The SMILES string of the molecule is COc1ccc(C(C)=O)cc1CC(=O)NC(C)C1CC2CCC1C2. The van der Waals surface area contributed by atoms with E-state index in [1.165, 1.54) is 32.6 Å². The molecule has 1 N–H and O–H groups in total. The van der Waals surface area contributed by atoms with Gasteiger partial charge in [0.1, 0.15) is 5.75 Å². The lowest BCUT2D eigenvalue weighted by molar-refractivity contribution is -0.121. The number of hydrogen-bond acceptors (Lipinski definition) is 3. The lowest BCUT2D eigenvalue weighted by Crippen LogP contribution is -2.40. The third-order valence-electron chi connectivity index (χ3n) is 5.86. The molecule has 4 unspecified atom stereocenters. The zero-order valence-electron chi connectivity index (χ0n) is 14.8. The Kier molecular flexibility index (Phi) is 4.93. The van der Waals surface area contributed by atoms with E-state index < -0.39 is 0 Å². The monoisotopic (exact) mass is 329 g/mol. The predicted octanol–water partition coefficient (Wildman–Crippen LogP) is 3.38. The Labute approximate surface area is 144 Å². The van der Waals surface area contributed by atoms with Gasteiger partial charge in [-0.15, -0.1) is 0 Å². The minimum absolute atomic E-state index is 0.00396. The molecule has 4 nitrogen and oxygen atoms in total. The van der Waals surface area contributed by atoms with Crippen molar-refractivity contribution in [3.63, 3.8) is 0 Å². The number of Topliss-reactive ketones (excluding diaryl/α,β-unsaturated/α-hetero) is 1. The maximum Gasteiger partial charge on any atom is 0.224 e. The third kappa shape index (κ3) is 3.47. The average Bonchev–Trinajstić information content (AvgIpc) is 3.17. The summed E-state index contributed by atoms with van der Waals surface area (Å²) in [6, 6.07) is 5.48. The maximum absolute atomic E-state index is 12.5. The van der Waals surface area contributed by atoms with E-state index in [-0.39, 0.29) is 24.2 Å². The molecule has 2 saturated carbocycles. The zero-order valence-corrected chi connectivity index (χ0v) is 14.8. The van der Waals surface area contributed by atoms with Crippen molar-refractivity contribution >= 4 is 11.7 Å². The van der Waals surface area contributed by atoms with Crippen LogP contribution in [0.3, 0.4) is 0 Å². The van der Waals surface area contributed by atoms with E-state index in [0.717, 1.165) is 17.4 Å². The van der Waals surface area contributed by atoms with E-state index in [4.69, 9.17) is 4.74 Å². The van der Waals surface area contributed by atoms with Crippen LogP contribution in [0.25, 0.3) is 0 Å². The Morgan fingerprint density at radius 1 is 1.29 bits per heavy atom. The largest absolute Gasteiger partial charge is 0.496 e. The molecule has 0 saturated heterocycles. The molecule has 3 rings (SSSR count). The Morgan fingerprint density at radius 3 is 2.67 bits per heavy atom. The number of rotatable bonds is 6. The van der Waals surface area contributed by atoms with Crippen LogP contribution >= 0.6 is 0 Å². The number of fused-ring (bicyclic) bond motifs is 2. The second-order valence-electron chi connectivity index (χ2n) is 7.45. The normalized spacial score (nSPS) is 26.2. The number of methoxy groups -OCH3 is 1. The molecular weight excluding hydrogens is 302 g/mol. The zero-order chi connectivity index (χ0) is 17.3. The van der Waals surface area contributed by atoms with E-state index in [2.05, 4.69) is 12.2 Å². The molecule has 130 valence electrons. The molecule has 1 amide bonds. The minimum atomic E-state index is -0.00494. The Bertz CT molecular complexity index is 640. The molecule has 0 heterocycles. The fourth-order valence-electron chi connectivity index (χ4n) is 4.63. The summed E-state index contributed by atoms with van der Waals surface area (Å²) in [5, 5.41) is 3.18. The number of amides is 1. The number of benzene rings is 1. The van der Waals surface area contributed by atoms with Crippen molar-refractivity contribution in [2.24, 2.45) is 17.8 Å². The molecule has 4 atom stereocenters. The lowest BCUT2D eigenvalue weighted by atomic mass is 9.84. The van der Waals surface area contributed by atoms with Crippen LogP contribution in [-0.4, -0.2) is 24.8 Å². The van der Waals surface area contributed by atoms with E-state index in [0.29, 0.717) is 17.2 Å². The summed E-state index contributed by atoms with van der Waals surface area (Å²) in [7, 11) is 1.59. The highest BCUT2D eigenvalue weighted by Crippen LogP contribution is 2.49. The van der Waals surface area contributed by atoms with Crippen LogP contribution in [0, 0.1) is 17.8 Å². The van der Waals surface area contributed by atoms with Gasteiger partial charge in [-0.1, -0.05) is 6.42 Å². The highest BCUT2D eigenvalue weighted by molar-refractivity contribution is 5.94. The molecule has 0 aliphatic heterocycles. The van der Waals surface area contributed by atoms with Gasteiger partial charge >= 0.3 is 0 Å². The van der Waals surface area contributed by atoms with E-state index in [9.17, 15) is 9.59 Å². The van der Waals surface area contributed by atoms with E-state index >= 15 is 0 Å². The van der Waals surface area contributed by atoms with Gasteiger partial charge in [0.05, 0.1) is 13.5 Å². The smallest absolute Gasteiger partial charge is 0.224 e. The molecule has 2 aliphatic carbocycles. The molecule has 2 aliphatic rings. The lowest BCUT2D eigenvalue weighted by Gasteiger charge is -2.28. The molecule has 0 spiro atoms. The molecule has 1 aromatic rings. The van der Waals surface area contributed by atoms with Crippen LogP contribution in [0.15, 0.2) is 18.2 Å². The van der Waals surface area contributed by atoms with Gasteiger partial charge < -0.3 is 10.1 Å². The van der Waals surface area contributed by atoms with Crippen molar-refractivity contribution in [1.29, 1.82) is 0 Å². The quantitative estimate of drug-likeness (QED) is 0.814. The Balaban J connectivity index is 1.64. The maximum atomic E-state index is 12.5. The van der Waals surface area contributed by atoms with E-state index in [1.54, 1.807) is 25.3 Å². The molecule has 2 bridgehead atoms. The number of carbonyl (C=O) groups excluding carboxylic acids is 2. The molecule has 4 heteroatoms. The fraction of sp³-hybridized carbons (Fsp3) is 0.600. The van der Waals surface area contributed by atoms with Crippen LogP contribution in [0.1, 0.15) is 55.5 Å². The van der Waals surface area contributed by atoms with Gasteiger partial charge in [-0.25, -0.2) is 0 Å². The summed E-state index contributed by atoms with van der Waals surface area (Å²) in [5.74, 6) is 2.95. The first-order valence-electron chi connectivity index (χ1n) is 8.95. The summed E-state index contributed by atoms with van der Waals surface area (Å²) in [6.07, 6.45) is 5.55. The van der Waals surface area contributed by atoms with Crippen LogP contribution in [0.4, 0.5) is 0 Å². The highest BCUT2D eigenvalue weighted by Gasteiger charge is 2.42. The predicted molar refractivity (Wildman–Crippen MR) is 93.2 cm³/mol. The van der Waals surface area contributed by atoms with Gasteiger partial charge in [0.25, 0.3) is 0 Å². The topological polar surface area (TPSA) is 55.4 Å². The van der Waals surface area contributed by atoms with Gasteiger partial charge in [0.15, 0.2) is 5.78 Å². The van der Waals surface area contributed by atoms with Gasteiger partial charge in [0.2, 0.25) is 5.91 Å². The fourth-order valence-corrected chi connectivity index (χ4v) is 4.63. The molecular formula is C20H27NO3. The summed E-state index contributed by atoms with van der Waals surface area (Å²) < 4.78 is 5.33. The first kappa shape index (κ1) is 17.0. The number of carbonyl (C=O) groups is 2. The first-order chi connectivity index (χ1) is 11.5. The van der Waals surface area contributed by atoms with Crippen LogP contribution in [0.5, 0.6) is 5.75 Å². The standard InChI is InChI=1S/C20H27NO3/c1-12(18-9-14-4-5-16(18)8-14)21-20(23)11-17-10-15(13(2)22)6-7-19(17)24-3/h6-7,10,12,14,16,18H,4-5,8-9,11H2,1-3H3,(H,21,23). The molecule has 24 heavy (non-hydrogen) atoms.